The Morgan fingerprint density at radius 3 is 3.00 bits per heavy atom. The van der Waals surface area contributed by atoms with Crippen molar-refractivity contribution in [2.75, 3.05) is 46.5 Å². The van der Waals surface area contributed by atoms with Crippen molar-refractivity contribution in [1.82, 2.24) is 15.5 Å². The van der Waals surface area contributed by atoms with Gasteiger partial charge in [0.25, 0.3) is 0 Å². The number of ether oxygens (including phenoxy) is 2. The number of nitrogens with one attached hydrogen (secondary N) is 2. The summed E-state index contributed by atoms with van der Waals surface area (Å²) in [5.74, 6) is 0.594. The first-order valence-electron chi connectivity index (χ1n) is 9.81. The maximum Gasteiger partial charge on any atom is 0.237 e. The molecule has 154 valence electrons. The zero-order chi connectivity index (χ0) is 20.2. The Hall–Kier alpha value is -2.38. The minimum atomic E-state index is -0.456. The van der Waals surface area contributed by atoms with E-state index >= 15 is 0 Å². The molecule has 1 saturated heterocycles. The van der Waals surface area contributed by atoms with E-state index in [1.165, 1.54) is 0 Å². The minimum Gasteiger partial charge on any atom is -0.496 e. The molecule has 2 N–H and O–H groups in total. The van der Waals surface area contributed by atoms with Crippen molar-refractivity contribution in [3.63, 3.8) is 0 Å². The highest BCUT2D eigenvalue weighted by Crippen LogP contribution is 2.19. The molecule has 0 bridgehead atoms. The lowest BCUT2D eigenvalue weighted by Gasteiger charge is -2.33. The van der Waals surface area contributed by atoms with Crippen molar-refractivity contribution in [2.45, 2.75) is 25.8 Å². The fourth-order valence-electron chi connectivity index (χ4n) is 3.12. The molecule has 7 nitrogen and oxygen atoms in total. The van der Waals surface area contributed by atoms with Crippen LogP contribution in [-0.4, -0.2) is 69.3 Å². The van der Waals surface area contributed by atoms with Gasteiger partial charge in [0.2, 0.25) is 11.8 Å². The topological polar surface area (TPSA) is 79.9 Å². The number of amides is 2. The number of hydrogen-bond acceptors (Lipinski definition) is 5. The first kappa shape index (κ1) is 21.9. The maximum absolute atomic E-state index is 12.3. The van der Waals surface area contributed by atoms with Crippen LogP contribution in [0.15, 0.2) is 30.3 Å². The van der Waals surface area contributed by atoms with Gasteiger partial charge >= 0.3 is 0 Å². The van der Waals surface area contributed by atoms with Gasteiger partial charge in [-0.15, -0.1) is 0 Å². The third kappa shape index (κ3) is 6.98. The van der Waals surface area contributed by atoms with Crippen molar-refractivity contribution in [1.29, 1.82) is 0 Å². The van der Waals surface area contributed by atoms with Crippen LogP contribution in [0.3, 0.4) is 0 Å². The zero-order valence-corrected chi connectivity index (χ0v) is 16.8. The number of piperazine rings is 1. The summed E-state index contributed by atoms with van der Waals surface area (Å²) in [7, 11) is 1.64. The summed E-state index contributed by atoms with van der Waals surface area (Å²) in [4.78, 5) is 26.5. The first-order valence-corrected chi connectivity index (χ1v) is 9.81. The van der Waals surface area contributed by atoms with Gasteiger partial charge in [-0.2, -0.15) is 0 Å². The van der Waals surface area contributed by atoms with Crippen LogP contribution in [0.1, 0.15) is 25.3 Å². The lowest BCUT2D eigenvalue weighted by atomic mass is 10.1. The molecule has 1 heterocycles. The third-order valence-corrected chi connectivity index (χ3v) is 4.59. The molecule has 1 aliphatic rings. The maximum atomic E-state index is 12.3. The third-order valence-electron chi connectivity index (χ3n) is 4.59. The van der Waals surface area contributed by atoms with E-state index in [2.05, 4.69) is 10.6 Å². The van der Waals surface area contributed by atoms with Gasteiger partial charge in [0, 0.05) is 45.0 Å². The number of hydrogen-bond donors (Lipinski definition) is 2. The summed E-state index contributed by atoms with van der Waals surface area (Å²) in [5.41, 5.74) is 0.982. The number of nitrogens with zero attached hydrogens (tertiary/aromatic N) is 1. The van der Waals surface area contributed by atoms with E-state index < -0.39 is 6.04 Å². The van der Waals surface area contributed by atoms with Crippen LogP contribution in [0.25, 0.3) is 6.08 Å². The standard InChI is InChI=1S/C21H31N3O4/c1-3-28-15-7-11-22-20(25)16-18-21(26)23-12-14-24(18)13-6-9-17-8-4-5-10-19(17)27-2/h4-6,8-10,18H,3,7,11-16H2,1-2H3,(H,22,25)(H,23,26)/b9-6+. The van der Waals surface area contributed by atoms with Crippen LogP contribution in [0.5, 0.6) is 5.75 Å². The molecule has 0 spiro atoms. The molecule has 0 aliphatic carbocycles. The second-order valence-corrected chi connectivity index (χ2v) is 6.55. The van der Waals surface area contributed by atoms with E-state index in [0.717, 1.165) is 17.7 Å². The summed E-state index contributed by atoms with van der Waals surface area (Å²) < 4.78 is 10.6. The highest BCUT2D eigenvalue weighted by molar-refractivity contribution is 5.88. The van der Waals surface area contributed by atoms with Gasteiger partial charge in [0.05, 0.1) is 19.6 Å². The van der Waals surface area contributed by atoms with Gasteiger partial charge in [-0.25, -0.2) is 0 Å². The molecule has 1 aromatic rings. The van der Waals surface area contributed by atoms with E-state index in [-0.39, 0.29) is 18.2 Å². The van der Waals surface area contributed by atoms with Crippen LogP contribution in [0.2, 0.25) is 0 Å². The molecule has 7 heteroatoms. The fourth-order valence-corrected chi connectivity index (χ4v) is 3.12. The van der Waals surface area contributed by atoms with E-state index in [0.29, 0.717) is 39.4 Å². The fraction of sp³-hybridized carbons (Fsp3) is 0.524. The van der Waals surface area contributed by atoms with Gasteiger partial charge < -0.3 is 20.1 Å². The van der Waals surface area contributed by atoms with Crippen LogP contribution >= 0.6 is 0 Å². The monoisotopic (exact) mass is 389 g/mol. The largest absolute Gasteiger partial charge is 0.496 e. The SMILES string of the molecule is CCOCCCNC(=O)CC1C(=O)NCCN1C/C=C/c1ccccc1OC. The molecule has 0 radical (unpaired) electrons. The summed E-state index contributed by atoms with van der Waals surface area (Å²) in [6.07, 6.45) is 4.91. The Kier molecular flexibility index (Phi) is 9.51. The van der Waals surface area contributed by atoms with E-state index in [4.69, 9.17) is 9.47 Å². The predicted octanol–water partition coefficient (Wildman–Crippen LogP) is 1.44. The average molecular weight is 389 g/mol. The lowest BCUT2D eigenvalue weighted by molar-refractivity contribution is -0.133. The summed E-state index contributed by atoms with van der Waals surface area (Å²) in [6, 6.07) is 7.31. The molecule has 1 atom stereocenters. The first-order chi connectivity index (χ1) is 13.7. The number of methoxy groups -OCH3 is 1. The quantitative estimate of drug-likeness (QED) is 0.560. The Bertz CT molecular complexity index is 663. The zero-order valence-electron chi connectivity index (χ0n) is 16.8. The normalized spacial score (nSPS) is 17.5. The van der Waals surface area contributed by atoms with Gasteiger partial charge in [0.15, 0.2) is 0 Å². The molecule has 1 unspecified atom stereocenters. The summed E-state index contributed by atoms with van der Waals surface area (Å²) in [6.45, 7) is 5.69. The van der Waals surface area contributed by atoms with Crippen molar-refractivity contribution >= 4 is 17.9 Å². The van der Waals surface area contributed by atoms with E-state index in [1.54, 1.807) is 7.11 Å². The van der Waals surface area contributed by atoms with Gasteiger partial charge in [-0.1, -0.05) is 30.4 Å². The Morgan fingerprint density at radius 2 is 2.21 bits per heavy atom. The number of rotatable bonds is 11. The number of carbonyl (C=O) groups is 2. The molecular weight excluding hydrogens is 358 g/mol. The highest BCUT2D eigenvalue weighted by Gasteiger charge is 2.30. The second-order valence-electron chi connectivity index (χ2n) is 6.55. The Balaban J connectivity index is 1.88. The average Bonchev–Trinajstić information content (AvgIpc) is 2.70. The van der Waals surface area contributed by atoms with Crippen LogP contribution in [0, 0.1) is 0 Å². The predicted molar refractivity (Wildman–Crippen MR) is 109 cm³/mol. The molecule has 28 heavy (non-hydrogen) atoms. The van der Waals surface area contributed by atoms with E-state index in [9.17, 15) is 9.59 Å². The Labute approximate surface area is 167 Å². The number of para-hydroxylation sites is 1. The lowest BCUT2D eigenvalue weighted by Crippen LogP contribution is -2.56. The Morgan fingerprint density at radius 1 is 1.39 bits per heavy atom. The smallest absolute Gasteiger partial charge is 0.237 e. The molecule has 2 rings (SSSR count). The van der Waals surface area contributed by atoms with Crippen molar-refractivity contribution in [3.05, 3.63) is 35.9 Å². The van der Waals surface area contributed by atoms with Crippen molar-refractivity contribution in [2.24, 2.45) is 0 Å². The molecule has 1 aliphatic heterocycles. The van der Waals surface area contributed by atoms with Gasteiger partial charge in [0.1, 0.15) is 5.75 Å². The van der Waals surface area contributed by atoms with Crippen LogP contribution in [-0.2, 0) is 14.3 Å². The molecule has 0 saturated carbocycles. The molecule has 1 fully saturated rings. The van der Waals surface area contributed by atoms with Crippen molar-refractivity contribution in [3.8, 4) is 5.75 Å². The number of carbonyl (C=O) groups excluding carboxylic acids is 2. The molecule has 1 aromatic carbocycles. The summed E-state index contributed by atoms with van der Waals surface area (Å²) >= 11 is 0. The molecule has 0 aromatic heterocycles. The van der Waals surface area contributed by atoms with Crippen LogP contribution in [0.4, 0.5) is 0 Å². The minimum absolute atomic E-state index is 0.0959. The number of benzene rings is 1. The van der Waals surface area contributed by atoms with E-state index in [1.807, 2.05) is 48.2 Å². The van der Waals surface area contributed by atoms with Crippen molar-refractivity contribution < 1.29 is 19.1 Å². The van der Waals surface area contributed by atoms with Crippen LogP contribution < -0.4 is 15.4 Å². The molecular formula is C21H31N3O4. The highest BCUT2D eigenvalue weighted by atomic mass is 16.5. The van der Waals surface area contributed by atoms with Gasteiger partial charge in [-0.3, -0.25) is 14.5 Å². The summed E-state index contributed by atoms with van der Waals surface area (Å²) in [5, 5.41) is 5.72. The molecule has 2 amide bonds. The second kappa shape index (κ2) is 12.2. The van der Waals surface area contributed by atoms with Gasteiger partial charge in [-0.05, 0) is 19.4 Å².